The number of nitrogens with zero attached hydrogens (tertiary/aromatic N) is 1. The summed E-state index contributed by atoms with van der Waals surface area (Å²) in [6.07, 6.45) is 65.3. The number of carbonyl (C=O) groups excluding carboxylic acids is 2. The first-order valence-corrected chi connectivity index (χ1v) is 25.1. The molecule has 9 nitrogen and oxygen atoms in total. The summed E-state index contributed by atoms with van der Waals surface area (Å²) in [6, 6.07) is 0. The van der Waals surface area contributed by atoms with Gasteiger partial charge in [-0.25, -0.2) is 4.57 Å². The maximum Gasteiger partial charge on any atom is 0.472 e. The third-order valence-electron chi connectivity index (χ3n) is 8.91. The largest absolute Gasteiger partial charge is 0.472 e. The average molecular weight is 907 g/mol. The Labute approximate surface area is 389 Å². The van der Waals surface area contributed by atoms with E-state index in [2.05, 4.69) is 123 Å². The van der Waals surface area contributed by atoms with Crippen molar-refractivity contribution in [2.45, 2.75) is 136 Å². The van der Waals surface area contributed by atoms with Crippen molar-refractivity contribution in [1.82, 2.24) is 0 Å². The molecular formula is C54H85NO8P+. The van der Waals surface area contributed by atoms with E-state index in [0.717, 1.165) is 51.4 Å². The molecule has 10 heteroatoms. The van der Waals surface area contributed by atoms with E-state index in [-0.39, 0.29) is 26.1 Å². The Morgan fingerprint density at radius 2 is 0.812 bits per heavy atom. The average Bonchev–Trinajstić information content (AvgIpc) is 3.25. The third-order valence-corrected chi connectivity index (χ3v) is 9.89. The summed E-state index contributed by atoms with van der Waals surface area (Å²) in [5, 5.41) is 0. The molecule has 0 bridgehead atoms. The van der Waals surface area contributed by atoms with Crippen molar-refractivity contribution in [1.29, 1.82) is 0 Å². The summed E-state index contributed by atoms with van der Waals surface area (Å²) in [4.78, 5) is 35.3. The van der Waals surface area contributed by atoms with E-state index in [1.165, 1.54) is 38.5 Å². The minimum Gasteiger partial charge on any atom is -0.461 e. The van der Waals surface area contributed by atoms with Crippen LogP contribution in [0.1, 0.15) is 129 Å². The van der Waals surface area contributed by atoms with E-state index in [0.29, 0.717) is 23.9 Å². The van der Waals surface area contributed by atoms with Crippen molar-refractivity contribution in [2.75, 3.05) is 47.5 Å². The van der Waals surface area contributed by atoms with Crippen molar-refractivity contribution < 1.29 is 42.1 Å². The fourth-order valence-electron chi connectivity index (χ4n) is 5.19. The van der Waals surface area contributed by atoms with Gasteiger partial charge >= 0.3 is 19.8 Å². The number of allylic oxidation sites excluding steroid dienone is 22. The number of esters is 2. The Bertz CT molecular complexity index is 1590. The Kier molecular flexibility index (Phi) is 41.3. The van der Waals surface area contributed by atoms with Gasteiger partial charge in [0.15, 0.2) is 6.10 Å². The van der Waals surface area contributed by atoms with Gasteiger partial charge in [0.2, 0.25) is 0 Å². The van der Waals surface area contributed by atoms with Crippen LogP contribution in [-0.4, -0.2) is 74.9 Å². The van der Waals surface area contributed by atoms with Crippen LogP contribution in [0.2, 0.25) is 0 Å². The molecule has 0 spiro atoms. The van der Waals surface area contributed by atoms with Crippen LogP contribution in [0.3, 0.4) is 0 Å². The van der Waals surface area contributed by atoms with Gasteiger partial charge in [-0.2, -0.15) is 0 Å². The van der Waals surface area contributed by atoms with E-state index < -0.39 is 32.5 Å². The molecule has 0 saturated heterocycles. The van der Waals surface area contributed by atoms with Crippen LogP contribution >= 0.6 is 7.82 Å². The van der Waals surface area contributed by atoms with Gasteiger partial charge in [0.05, 0.1) is 40.6 Å². The topological polar surface area (TPSA) is 108 Å². The van der Waals surface area contributed by atoms with E-state index in [4.69, 9.17) is 18.5 Å². The summed E-state index contributed by atoms with van der Waals surface area (Å²) < 4.78 is 34.1. The van der Waals surface area contributed by atoms with Crippen LogP contribution in [0, 0.1) is 0 Å². The van der Waals surface area contributed by atoms with Gasteiger partial charge in [-0.15, -0.1) is 0 Å². The minimum atomic E-state index is -4.44. The van der Waals surface area contributed by atoms with Crippen LogP contribution in [0.25, 0.3) is 0 Å². The molecule has 0 fully saturated rings. The molecule has 0 amide bonds. The van der Waals surface area contributed by atoms with Crippen LogP contribution in [0.5, 0.6) is 0 Å². The fourth-order valence-corrected chi connectivity index (χ4v) is 5.93. The molecule has 358 valence electrons. The van der Waals surface area contributed by atoms with Crippen molar-refractivity contribution in [3.63, 3.8) is 0 Å². The SMILES string of the molecule is CCCCC=CCC=CCC=CCC=CCC=CCC=CCC(=O)OC[C@H](COP(=O)(O)OCC[N+](C)(C)C)OC(=O)CC=CCC=CCC=CCC=CCC=CCC=CCCCC. The van der Waals surface area contributed by atoms with Gasteiger partial charge in [-0.05, 0) is 77.0 Å². The van der Waals surface area contributed by atoms with E-state index in [1.807, 2.05) is 45.4 Å². The first-order valence-electron chi connectivity index (χ1n) is 23.6. The highest BCUT2D eigenvalue weighted by molar-refractivity contribution is 7.47. The highest BCUT2D eigenvalue weighted by Crippen LogP contribution is 2.43. The summed E-state index contributed by atoms with van der Waals surface area (Å²) in [5.41, 5.74) is 0. The summed E-state index contributed by atoms with van der Waals surface area (Å²) in [6.45, 7) is 4.07. The second kappa shape index (κ2) is 44.1. The van der Waals surface area contributed by atoms with Gasteiger partial charge < -0.3 is 18.9 Å². The highest BCUT2D eigenvalue weighted by atomic mass is 31.2. The molecule has 0 aromatic rings. The number of phosphoric ester groups is 1. The maximum atomic E-state index is 12.7. The number of quaternary nitrogens is 1. The van der Waals surface area contributed by atoms with Crippen molar-refractivity contribution >= 4 is 19.8 Å². The number of hydrogen-bond donors (Lipinski definition) is 1. The number of carbonyl (C=O) groups is 2. The predicted molar refractivity (Wildman–Crippen MR) is 270 cm³/mol. The summed E-state index contributed by atoms with van der Waals surface area (Å²) in [7, 11) is 1.34. The molecule has 2 atom stereocenters. The molecule has 1 N–H and O–H groups in total. The van der Waals surface area contributed by atoms with E-state index >= 15 is 0 Å². The summed E-state index contributed by atoms with van der Waals surface area (Å²) in [5.74, 6) is -1.11. The Balaban J connectivity index is 4.65. The predicted octanol–water partition coefficient (Wildman–Crippen LogP) is 14.0. The first kappa shape index (κ1) is 59.9. The zero-order chi connectivity index (χ0) is 47.1. The van der Waals surface area contributed by atoms with Crippen molar-refractivity contribution in [2.24, 2.45) is 0 Å². The zero-order valence-electron chi connectivity index (χ0n) is 40.2. The number of hydrogen-bond acceptors (Lipinski definition) is 7. The molecule has 0 radical (unpaired) electrons. The Hall–Kier alpha value is -4.11. The number of rotatable bonds is 40. The second-order valence-electron chi connectivity index (χ2n) is 16.1. The normalized spacial score (nSPS) is 14.8. The van der Waals surface area contributed by atoms with Gasteiger partial charge in [-0.1, -0.05) is 185 Å². The lowest BCUT2D eigenvalue weighted by Gasteiger charge is -2.24. The number of phosphoric acid groups is 1. The molecule has 0 heterocycles. The monoisotopic (exact) mass is 907 g/mol. The fraction of sp³-hybridized carbons (Fsp3) is 0.519. The van der Waals surface area contributed by atoms with Gasteiger partial charge in [-0.3, -0.25) is 18.6 Å². The van der Waals surface area contributed by atoms with E-state index in [1.54, 1.807) is 12.2 Å². The minimum absolute atomic E-state index is 0.00842. The van der Waals surface area contributed by atoms with Gasteiger partial charge in [0, 0.05) is 0 Å². The molecule has 0 aliphatic heterocycles. The number of likely N-dealkylation sites (N-methyl/N-ethyl adjacent to an activating group) is 1. The van der Waals surface area contributed by atoms with Crippen LogP contribution in [0.4, 0.5) is 0 Å². The third kappa shape index (κ3) is 47.4. The number of ether oxygens (including phenoxy) is 2. The van der Waals surface area contributed by atoms with Crippen LogP contribution in [0.15, 0.2) is 146 Å². The number of unbranched alkanes of at least 4 members (excludes halogenated alkanes) is 4. The Morgan fingerprint density at radius 1 is 0.484 bits per heavy atom. The molecule has 0 saturated carbocycles. The zero-order valence-corrected chi connectivity index (χ0v) is 41.1. The Morgan fingerprint density at radius 3 is 1.16 bits per heavy atom. The molecule has 1 unspecified atom stereocenters. The molecule has 0 rings (SSSR count). The molecule has 0 aromatic carbocycles. The van der Waals surface area contributed by atoms with Gasteiger partial charge in [0.1, 0.15) is 19.8 Å². The molecule has 0 aliphatic rings. The smallest absolute Gasteiger partial charge is 0.461 e. The lowest BCUT2D eigenvalue weighted by Crippen LogP contribution is -2.37. The van der Waals surface area contributed by atoms with E-state index in [9.17, 15) is 19.0 Å². The molecule has 64 heavy (non-hydrogen) atoms. The lowest BCUT2D eigenvalue weighted by atomic mass is 10.2. The van der Waals surface area contributed by atoms with Crippen LogP contribution in [-0.2, 0) is 32.7 Å². The maximum absolute atomic E-state index is 12.7. The van der Waals surface area contributed by atoms with Crippen LogP contribution < -0.4 is 0 Å². The molecular weight excluding hydrogens is 822 g/mol. The molecule has 0 aromatic heterocycles. The van der Waals surface area contributed by atoms with Crippen molar-refractivity contribution in [3.05, 3.63) is 146 Å². The lowest BCUT2D eigenvalue weighted by molar-refractivity contribution is -0.870. The first-order chi connectivity index (χ1) is 31.0. The standard InChI is InChI=1S/C54H84NO8P/c1-6-8-10-12-14-16-18-20-22-24-26-28-30-32-34-36-38-40-42-44-46-53(56)60-50-52(51-62-64(58,59)61-49-48-55(3,4)5)63-54(57)47-45-43-41-39-37-35-33-31-29-27-25-23-21-19-17-15-13-11-9-7-2/h12-15,18-21,24-27,30-33,36-39,42-45,52H,6-11,16-17,22-23,28-29,34-35,40-41,46-51H2,1-5H3/p+1/t52-/m1/s1. The van der Waals surface area contributed by atoms with Crippen molar-refractivity contribution in [3.8, 4) is 0 Å². The quantitative estimate of drug-likeness (QED) is 0.0213. The molecule has 0 aliphatic carbocycles. The second-order valence-corrected chi connectivity index (χ2v) is 17.6. The summed E-state index contributed by atoms with van der Waals surface area (Å²) >= 11 is 0. The highest BCUT2D eigenvalue weighted by Gasteiger charge is 2.26. The van der Waals surface area contributed by atoms with Gasteiger partial charge in [0.25, 0.3) is 0 Å².